The second-order valence-corrected chi connectivity index (χ2v) is 5.43. The first-order chi connectivity index (χ1) is 10.5. The molecule has 1 heterocycles. The van der Waals surface area contributed by atoms with Gasteiger partial charge in [0.15, 0.2) is 5.78 Å². The van der Waals surface area contributed by atoms with Crippen LogP contribution in [0.4, 0.5) is 4.39 Å². The van der Waals surface area contributed by atoms with Gasteiger partial charge in [0.2, 0.25) is 11.8 Å². The lowest BCUT2D eigenvalue weighted by molar-refractivity contribution is -0.137. The van der Waals surface area contributed by atoms with Crippen molar-refractivity contribution in [3.05, 3.63) is 35.6 Å². The Morgan fingerprint density at radius 3 is 2.50 bits per heavy atom. The summed E-state index contributed by atoms with van der Waals surface area (Å²) in [6.45, 7) is 0.540. The van der Waals surface area contributed by atoms with Crippen molar-refractivity contribution in [2.45, 2.75) is 38.1 Å². The molecule has 1 fully saturated rings. The highest BCUT2D eigenvalue weighted by atomic mass is 19.1. The number of carbonyl (C=O) groups excluding carboxylic acids is 3. The van der Waals surface area contributed by atoms with E-state index in [-0.39, 0.29) is 24.5 Å². The molecule has 2 amide bonds. The van der Waals surface area contributed by atoms with E-state index in [9.17, 15) is 18.8 Å². The van der Waals surface area contributed by atoms with E-state index in [4.69, 9.17) is 5.73 Å². The molecular formula is C16H19FN2O3. The van der Waals surface area contributed by atoms with Gasteiger partial charge in [0.25, 0.3) is 0 Å². The summed E-state index contributed by atoms with van der Waals surface area (Å²) in [7, 11) is 0. The lowest BCUT2D eigenvalue weighted by atomic mass is 10.1. The molecule has 1 aliphatic heterocycles. The largest absolute Gasteiger partial charge is 0.368 e. The molecule has 0 saturated carbocycles. The Morgan fingerprint density at radius 1 is 1.18 bits per heavy atom. The molecule has 1 aliphatic rings. The number of nitrogens with zero attached hydrogens (tertiary/aromatic N) is 1. The van der Waals surface area contributed by atoms with Crippen molar-refractivity contribution in [3.8, 4) is 0 Å². The van der Waals surface area contributed by atoms with Crippen molar-refractivity contribution in [3.63, 3.8) is 0 Å². The lowest BCUT2D eigenvalue weighted by Crippen LogP contribution is -2.43. The number of primary amides is 1. The van der Waals surface area contributed by atoms with Crippen LogP contribution in [0.3, 0.4) is 0 Å². The number of nitrogens with two attached hydrogens (primary N) is 1. The number of amides is 2. The van der Waals surface area contributed by atoms with Crippen molar-refractivity contribution in [2.24, 2.45) is 5.73 Å². The minimum absolute atomic E-state index is 0.124. The summed E-state index contributed by atoms with van der Waals surface area (Å²) in [6, 6.07) is 4.83. The molecule has 0 spiro atoms. The molecule has 6 heteroatoms. The Bertz CT molecular complexity index is 571. The number of halogens is 1. The van der Waals surface area contributed by atoms with Crippen LogP contribution >= 0.6 is 0 Å². The third kappa shape index (κ3) is 3.90. The van der Waals surface area contributed by atoms with Crippen LogP contribution in [0, 0.1) is 5.82 Å². The van der Waals surface area contributed by atoms with E-state index in [1.807, 2.05) is 0 Å². The molecule has 22 heavy (non-hydrogen) atoms. The number of carbonyl (C=O) groups is 3. The maximum atomic E-state index is 12.8. The zero-order valence-electron chi connectivity index (χ0n) is 12.3. The zero-order valence-corrected chi connectivity index (χ0v) is 12.3. The third-order valence-corrected chi connectivity index (χ3v) is 3.86. The highest BCUT2D eigenvalue weighted by molar-refractivity contribution is 5.96. The molecule has 118 valence electrons. The van der Waals surface area contributed by atoms with Crippen LogP contribution in [0.1, 0.15) is 42.5 Å². The van der Waals surface area contributed by atoms with Crippen LogP contribution in [0.5, 0.6) is 0 Å². The fourth-order valence-electron chi connectivity index (χ4n) is 2.68. The summed E-state index contributed by atoms with van der Waals surface area (Å²) in [6.07, 6.45) is 2.20. The van der Waals surface area contributed by atoms with Gasteiger partial charge in [0, 0.05) is 24.9 Å². The quantitative estimate of drug-likeness (QED) is 0.812. The Hall–Kier alpha value is -2.24. The SMILES string of the molecule is NC(=O)C1CCCN1C(=O)CCCC(=O)c1ccc(F)cc1. The van der Waals surface area contributed by atoms with E-state index >= 15 is 0 Å². The number of likely N-dealkylation sites (tertiary alicyclic amines) is 1. The number of Topliss-reactive ketones (excluding diaryl/α,β-unsaturated/α-hetero) is 1. The van der Waals surface area contributed by atoms with Gasteiger partial charge < -0.3 is 10.6 Å². The van der Waals surface area contributed by atoms with E-state index in [0.29, 0.717) is 24.9 Å². The molecule has 2 rings (SSSR count). The van der Waals surface area contributed by atoms with Crippen molar-refractivity contribution >= 4 is 17.6 Å². The van der Waals surface area contributed by atoms with E-state index in [1.165, 1.54) is 29.2 Å². The van der Waals surface area contributed by atoms with Gasteiger partial charge in [-0.1, -0.05) is 0 Å². The summed E-state index contributed by atoms with van der Waals surface area (Å²) < 4.78 is 12.8. The van der Waals surface area contributed by atoms with Crippen molar-refractivity contribution in [2.75, 3.05) is 6.54 Å². The third-order valence-electron chi connectivity index (χ3n) is 3.86. The van der Waals surface area contributed by atoms with E-state index in [0.717, 1.165) is 6.42 Å². The molecule has 0 bridgehead atoms. The average Bonchev–Trinajstić information content (AvgIpc) is 2.97. The smallest absolute Gasteiger partial charge is 0.240 e. The van der Waals surface area contributed by atoms with Gasteiger partial charge in [0.05, 0.1) is 0 Å². The monoisotopic (exact) mass is 306 g/mol. The predicted octanol–water partition coefficient (Wildman–Crippen LogP) is 1.65. The van der Waals surface area contributed by atoms with Gasteiger partial charge in [-0.2, -0.15) is 0 Å². The Labute approximate surface area is 128 Å². The van der Waals surface area contributed by atoms with Crippen LogP contribution in [-0.2, 0) is 9.59 Å². The zero-order chi connectivity index (χ0) is 16.1. The summed E-state index contributed by atoms with van der Waals surface area (Å²) in [5.41, 5.74) is 5.71. The first-order valence-electron chi connectivity index (χ1n) is 7.36. The summed E-state index contributed by atoms with van der Waals surface area (Å²) in [5, 5.41) is 0. The van der Waals surface area contributed by atoms with Gasteiger partial charge in [-0.25, -0.2) is 4.39 Å². The molecule has 1 aromatic rings. The van der Waals surface area contributed by atoms with Gasteiger partial charge in [-0.05, 0) is 43.5 Å². The van der Waals surface area contributed by atoms with Crippen LogP contribution in [-0.4, -0.2) is 35.1 Å². The maximum Gasteiger partial charge on any atom is 0.240 e. The number of rotatable bonds is 6. The molecule has 0 radical (unpaired) electrons. The number of benzene rings is 1. The van der Waals surface area contributed by atoms with Crippen LogP contribution in [0.2, 0.25) is 0 Å². The van der Waals surface area contributed by atoms with Crippen LogP contribution < -0.4 is 5.73 Å². The summed E-state index contributed by atoms with van der Waals surface area (Å²) >= 11 is 0. The molecule has 1 aromatic carbocycles. The first kappa shape index (κ1) is 16.1. The maximum absolute atomic E-state index is 12.8. The molecule has 1 unspecified atom stereocenters. The molecule has 5 nitrogen and oxygen atoms in total. The molecule has 1 saturated heterocycles. The number of hydrogen-bond donors (Lipinski definition) is 1. The van der Waals surface area contributed by atoms with Crippen LogP contribution in [0.15, 0.2) is 24.3 Å². The second kappa shape index (κ2) is 7.15. The summed E-state index contributed by atoms with van der Waals surface area (Å²) in [4.78, 5) is 36.7. The van der Waals surface area contributed by atoms with Gasteiger partial charge >= 0.3 is 0 Å². The van der Waals surface area contributed by atoms with E-state index in [2.05, 4.69) is 0 Å². The van der Waals surface area contributed by atoms with Crippen molar-refractivity contribution < 1.29 is 18.8 Å². The van der Waals surface area contributed by atoms with E-state index in [1.54, 1.807) is 0 Å². The van der Waals surface area contributed by atoms with E-state index < -0.39 is 17.8 Å². The topological polar surface area (TPSA) is 80.5 Å². The highest BCUT2D eigenvalue weighted by Gasteiger charge is 2.32. The van der Waals surface area contributed by atoms with Gasteiger partial charge in [-0.15, -0.1) is 0 Å². The standard InChI is InChI=1S/C16H19FN2O3/c17-12-8-6-11(7-9-12)14(20)4-1-5-15(21)19-10-2-3-13(19)16(18)22/h6-9,13H,1-5,10H2,(H2,18,22). The fraction of sp³-hybridized carbons (Fsp3) is 0.438. The van der Waals surface area contributed by atoms with Gasteiger partial charge in [-0.3, -0.25) is 14.4 Å². The average molecular weight is 306 g/mol. The number of hydrogen-bond acceptors (Lipinski definition) is 3. The first-order valence-corrected chi connectivity index (χ1v) is 7.36. The molecule has 1 atom stereocenters. The van der Waals surface area contributed by atoms with Gasteiger partial charge in [0.1, 0.15) is 11.9 Å². The minimum atomic E-state index is -0.514. The predicted molar refractivity (Wildman–Crippen MR) is 78.5 cm³/mol. The Balaban J connectivity index is 1.80. The van der Waals surface area contributed by atoms with Crippen molar-refractivity contribution in [1.82, 2.24) is 4.90 Å². The summed E-state index contributed by atoms with van der Waals surface area (Å²) in [5.74, 6) is -1.14. The molecule has 0 aromatic heterocycles. The van der Waals surface area contributed by atoms with Crippen molar-refractivity contribution in [1.29, 1.82) is 0 Å². The molecular weight excluding hydrogens is 287 g/mol. The number of ketones is 1. The van der Waals surface area contributed by atoms with Crippen LogP contribution in [0.25, 0.3) is 0 Å². The Kier molecular flexibility index (Phi) is 5.25. The second-order valence-electron chi connectivity index (χ2n) is 5.43. The molecule has 2 N–H and O–H groups in total. The minimum Gasteiger partial charge on any atom is -0.368 e. The Morgan fingerprint density at radius 2 is 1.86 bits per heavy atom. The fourth-order valence-corrected chi connectivity index (χ4v) is 2.68. The lowest BCUT2D eigenvalue weighted by Gasteiger charge is -2.22. The molecule has 0 aliphatic carbocycles. The highest BCUT2D eigenvalue weighted by Crippen LogP contribution is 2.19. The normalized spacial score (nSPS) is 17.5.